The van der Waals surface area contributed by atoms with Crippen LogP contribution in [0.25, 0.3) is 0 Å². The van der Waals surface area contributed by atoms with Crippen LogP contribution in [-0.4, -0.2) is 5.91 Å². The molecular weight excluding hydrogens is 309 g/mol. The largest absolute Gasteiger partial charge is 0.348 e. The van der Waals surface area contributed by atoms with E-state index in [9.17, 15) is 9.18 Å². The molecule has 0 aliphatic rings. The van der Waals surface area contributed by atoms with Gasteiger partial charge in [0.25, 0.3) is 5.91 Å². The maximum Gasteiger partial charge on any atom is 0.252 e. The zero-order chi connectivity index (χ0) is 13.8. The Balaban J connectivity index is 2.10. The first-order chi connectivity index (χ1) is 9.08. The van der Waals surface area contributed by atoms with Crippen LogP contribution in [0.3, 0.4) is 0 Å². The molecular formula is C15H13BrFNO. The Bertz CT molecular complexity index is 613. The summed E-state index contributed by atoms with van der Waals surface area (Å²) in [7, 11) is 0. The molecule has 0 saturated heterocycles. The summed E-state index contributed by atoms with van der Waals surface area (Å²) in [6, 6.07) is 11.9. The van der Waals surface area contributed by atoms with E-state index in [1.807, 2.05) is 31.2 Å². The zero-order valence-corrected chi connectivity index (χ0v) is 12.0. The van der Waals surface area contributed by atoms with E-state index in [2.05, 4.69) is 21.2 Å². The summed E-state index contributed by atoms with van der Waals surface area (Å²) < 4.78 is 13.7. The average Bonchev–Trinajstić information content (AvgIpc) is 2.40. The fraction of sp³-hybridized carbons (Fsp3) is 0.133. The molecule has 0 aliphatic heterocycles. The van der Waals surface area contributed by atoms with Gasteiger partial charge in [0.2, 0.25) is 0 Å². The fourth-order valence-electron chi connectivity index (χ4n) is 1.75. The molecule has 1 N–H and O–H groups in total. The molecule has 2 aromatic rings. The van der Waals surface area contributed by atoms with Crippen LogP contribution >= 0.6 is 15.9 Å². The first kappa shape index (κ1) is 13.7. The van der Waals surface area contributed by atoms with Crippen LogP contribution in [-0.2, 0) is 6.54 Å². The lowest BCUT2D eigenvalue weighted by atomic mass is 10.1. The molecule has 0 spiro atoms. The van der Waals surface area contributed by atoms with Crippen molar-refractivity contribution in [2.75, 3.05) is 0 Å². The van der Waals surface area contributed by atoms with E-state index in [1.165, 1.54) is 18.2 Å². The van der Waals surface area contributed by atoms with Crippen LogP contribution in [0.15, 0.2) is 46.9 Å². The molecule has 0 fully saturated rings. The third-order valence-corrected chi connectivity index (χ3v) is 3.57. The van der Waals surface area contributed by atoms with Gasteiger partial charge < -0.3 is 5.32 Å². The van der Waals surface area contributed by atoms with E-state index in [0.717, 1.165) is 11.1 Å². The molecule has 0 bridgehead atoms. The molecule has 0 radical (unpaired) electrons. The molecule has 0 saturated carbocycles. The number of carbonyl (C=O) groups is 1. The highest BCUT2D eigenvalue weighted by atomic mass is 79.9. The number of aryl methyl sites for hydroxylation is 1. The van der Waals surface area contributed by atoms with Crippen molar-refractivity contribution in [2.45, 2.75) is 13.5 Å². The highest BCUT2D eigenvalue weighted by Crippen LogP contribution is 2.18. The summed E-state index contributed by atoms with van der Waals surface area (Å²) in [5.41, 5.74) is 2.46. The molecule has 1 amide bonds. The number of nitrogens with one attached hydrogen (secondary N) is 1. The van der Waals surface area contributed by atoms with Gasteiger partial charge in [0.05, 0.1) is 5.56 Å². The minimum atomic E-state index is -0.427. The highest BCUT2D eigenvalue weighted by molar-refractivity contribution is 9.10. The van der Waals surface area contributed by atoms with Crippen molar-refractivity contribution in [3.05, 3.63) is 69.4 Å². The highest BCUT2D eigenvalue weighted by Gasteiger charge is 2.11. The van der Waals surface area contributed by atoms with Crippen molar-refractivity contribution in [3.8, 4) is 0 Å². The van der Waals surface area contributed by atoms with Crippen molar-refractivity contribution in [2.24, 2.45) is 0 Å². The van der Waals surface area contributed by atoms with Crippen LogP contribution in [0.1, 0.15) is 21.5 Å². The number of hydrogen-bond acceptors (Lipinski definition) is 1. The Morgan fingerprint density at radius 2 is 2.00 bits per heavy atom. The van der Waals surface area contributed by atoms with Crippen LogP contribution in [0.5, 0.6) is 0 Å². The van der Waals surface area contributed by atoms with E-state index in [1.54, 1.807) is 0 Å². The number of halogens is 2. The zero-order valence-electron chi connectivity index (χ0n) is 10.4. The van der Waals surface area contributed by atoms with Crippen LogP contribution in [0.2, 0.25) is 0 Å². The number of carbonyl (C=O) groups excluding carboxylic acids is 1. The summed E-state index contributed by atoms with van der Waals surface area (Å²) in [4.78, 5) is 12.0. The standard InChI is InChI=1S/C15H13BrFNO/c1-10-4-2-3-5-11(10)9-18-15(19)13-8-12(17)6-7-14(13)16/h2-8H,9H2,1H3,(H,18,19). The third kappa shape index (κ3) is 3.41. The fourth-order valence-corrected chi connectivity index (χ4v) is 2.18. The van der Waals surface area contributed by atoms with Crippen molar-refractivity contribution >= 4 is 21.8 Å². The summed E-state index contributed by atoms with van der Waals surface area (Å²) in [6.45, 7) is 2.41. The first-order valence-corrected chi connectivity index (χ1v) is 6.65. The molecule has 2 nitrogen and oxygen atoms in total. The van der Waals surface area contributed by atoms with Gasteiger partial charge in [0.1, 0.15) is 5.82 Å². The van der Waals surface area contributed by atoms with E-state index < -0.39 is 5.82 Å². The molecule has 0 heterocycles. The second kappa shape index (κ2) is 5.97. The minimum absolute atomic E-state index is 0.297. The predicted molar refractivity (Wildman–Crippen MR) is 76.4 cm³/mol. The second-order valence-corrected chi connectivity index (χ2v) is 5.09. The number of benzene rings is 2. The summed E-state index contributed by atoms with van der Waals surface area (Å²) in [5.74, 6) is -0.723. The van der Waals surface area contributed by atoms with Gasteiger partial charge in [-0.25, -0.2) is 4.39 Å². The molecule has 98 valence electrons. The number of hydrogen-bond donors (Lipinski definition) is 1. The molecule has 0 unspecified atom stereocenters. The lowest BCUT2D eigenvalue weighted by molar-refractivity contribution is 0.0949. The average molecular weight is 322 g/mol. The predicted octanol–water partition coefficient (Wildman–Crippen LogP) is 3.83. The van der Waals surface area contributed by atoms with Gasteiger partial charge in [-0.2, -0.15) is 0 Å². The quantitative estimate of drug-likeness (QED) is 0.914. The molecule has 0 atom stereocenters. The molecule has 2 rings (SSSR count). The van der Waals surface area contributed by atoms with E-state index >= 15 is 0 Å². The Kier molecular flexibility index (Phi) is 4.32. The van der Waals surface area contributed by atoms with E-state index in [4.69, 9.17) is 0 Å². The maximum atomic E-state index is 13.1. The van der Waals surface area contributed by atoms with Crippen LogP contribution < -0.4 is 5.32 Å². The monoisotopic (exact) mass is 321 g/mol. The van der Waals surface area contributed by atoms with Crippen molar-refractivity contribution < 1.29 is 9.18 Å². The van der Waals surface area contributed by atoms with Crippen LogP contribution in [0.4, 0.5) is 4.39 Å². The van der Waals surface area contributed by atoms with Crippen LogP contribution in [0, 0.1) is 12.7 Å². The van der Waals surface area contributed by atoms with Gasteiger partial charge in [0, 0.05) is 11.0 Å². The van der Waals surface area contributed by atoms with Gasteiger partial charge in [-0.1, -0.05) is 24.3 Å². The number of rotatable bonds is 3. The summed E-state index contributed by atoms with van der Waals surface area (Å²) >= 11 is 3.24. The SMILES string of the molecule is Cc1ccccc1CNC(=O)c1cc(F)ccc1Br. The Morgan fingerprint density at radius 3 is 2.74 bits per heavy atom. The summed E-state index contributed by atoms with van der Waals surface area (Å²) in [6.07, 6.45) is 0. The van der Waals surface area contributed by atoms with E-state index in [-0.39, 0.29) is 5.91 Å². The van der Waals surface area contributed by atoms with Gasteiger partial charge >= 0.3 is 0 Å². The van der Waals surface area contributed by atoms with E-state index in [0.29, 0.717) is 16.6 Å². The molecule has 0 aliphatic carbocycles. The Labute approximate surface area is 119 Å². The van der Waals surface area contributed by atoms with Gasteiger partial charge in [-0.3, -0.25) is 4.79 Å². The van der Waals surface area contributed by atoms with Gasteiger partial charge in [-0.15, -0.1) is 0 Å². The molecule has 4 heteroatoms. The topological polar surface area (TPSA) is 29.1 Å². The molecule has 19 heavy (non-hydrogen) atoms. The van der Waals surface area contributed by atoms with Crippen molar-refractivity contribution in [3.63, 3.8) is 0 Å². The third-order valence-electron chi connectivity index (χ3n) is 2.87. The Morgan fingerprint density at radius 1 is 1.26 bits per heavy atom. The first-order valence-electron chi connectivity index (χ1n) is 5.85. The smallest absolute Gasteiger partial charge is 0.252 e. The van der Waals surface area contributed by atoms with Gasteiger partial charge in [-0.05, 0) is 52.2 Å². The molecule has 2 aromatic carbocycles. The lowest BCUT2D eigenvalue weighted by Gasteiger charge is -2.09. The minimum Gasteiger partial charge on any atom is -0.348 e. The normalized spacial score (nSPS) is 10.3. The molecule has 0 aromatic heterocycles. The second-order valence-electron chi connectivity index (χ2n) is 4.23. The maximum absolute atomic E-state index is 13.1. The Hall–Kier alpha value is -1.68. The van der Waals surface area contributed by atoms with Crippen molar-refractivity contribution in [1.82, 2.24) is 5.32 Å². The van der Waals surface area contributed by atoms with Gasteiger partial charge in [0.15, 0.2) is 0 Å². The number of amides is 1. The van der Waals surface area contributed by atoms with Crippen molar-refractivity contribution in [1.29, 1.82) is 0 Å². The lowest BCUT2D eigenvalue weighted by Crippen LogP contribution is -2.23. The summed E-state index contributed by atoms with van der Waals surface area (Å²) in [5, 5.41) is 2.79.